The van der Waals surface area contributed by atoms with Gasteiger partial charge in [-0.05, 0) is 20.3 Å². The van der Waals surface area contributed by atoms with Gasteiger partial charge in [-0.25, -0.2) is 4.79 Å². The van der Waals surface area contributed by atoms with Gasteiger partial charge in [-0.2, -0.15) is 0 Å². The Morgan fingerprint density at radius 1 is 1.23 bits per heavy atom. The zero-order chi connectivity index (χ0) is 16.8. The second kappa shape index (κ2) is 4.93. The van der Waals surface area contributed by atoms with Gasteiger partial charge in [0.2, 0.25) is 5.78 Å². The molecule has 7 heteroatoms. The Morgan fingerprint density at radius 3 is 2.27 bits per heavy atom. The number of carbonyl (C=O) groups is 4. The molecule has 0 unspecified atom stereocenters. The normalized spacial score (nSPS) is 36.0. The Hall–Kier alpha value is -2.18. The molecule has 1 amide bonds. The van der Waals surface area contributed by atoms with Crippen molar-refractivity contribution in [3.63, 3.8) is 0 Å². The zero-order valence-electron chi connectivity index (χ0n) is 12.9. The summed E-state index contributed by atoms with van der Waals surface area (Å²) in [6.45, 7) is 8.58. The third kappa shape index (κ3) is 1.51. The molecule has 120 valence electrons. The molecular weight excluding hydrogens is 290 g/mol. The van der Waals surface area contributed by atoms with Crippen LogP contribution in [0, 0.1) is 10.8 Å². The second-order valence-electron chi connectivity index (χ2n) is 5.68. The zero-order valence-corrected chi connectivity index (χ0v) is 12.9. The number of ketones is 1. The van der Waals surface area contributed by atoms with Crippen LogP contribution >= 0.6 is 0 Å². The van der Waals surface area contributed by atoms with E-state index < -0.39 is 40.0 Å². The Balaban J connectivity index is 2.65. The highest BCUT2D eigenvalue weighted by molar-refractivity contribution is 6.47. The maximum atomic E-state index is 12.6. The van der Waals surface area contributed by atoms with E-state index >= 15 is 0 Å². The van der Waals surface area contributed by atoms with Crippen molar-refractivity contribution >= 4 is 23.6 Å². The number of nitrogens with one attached hydrogen (secondary N) is 1. The van der Waals surface area contributed by atoms with Gasteiger partial charge in [0.05, 0.1) is 13.2 Å². The molecule has 2 rings (SSSR count). The summed E-state index contributed by atoms with van der Waals surface area (Å²) in [5, 5.41) is 2.39. The van der Waals surface area contributed by atoms with Crippen LogP contribution in [0.4, 0.5) is 0 Å². The predicted octanol–water partition coefficient (Wildman–Crippen LogP) is 0.133. The van der Waals surface area contributed by atoms with Gasteiger partial charge in [-0.3, -0.25) is 14.4 Å². The molecule has 0 aromatic rings. The van der Waals surface area contributed by atoms with Crippen LogP contribution in [0.15, 0.2) is 12.7 Å². The molecule has 3 atom stereocenters. The van der Waals surface area contributed by atoms with E-state index in [1.807, 2.05) is 0 Å². The minimum absolute atomic E-state index is 0.0290. The van der Waals surface area contributed by atoms with Crippen LogP contribution in [0.2, 0.25) is 0 Å². The largest absolute Gasteiger partial charge is 0.465 e. The first-order valence-corrected chi connectivity index (χ1v) is 7.12. The monoisotopic (exact) mass is 309 g/mol. The van der Waals surface area contributed by atoms with Crippen molar-refractivity contribution in [2.45, 2.75) is 32.7 Å². The first-order valence-electron chi connectivity index (χ1n) is 7.12. The van der Waals surface area contributed by atoms with Crippen molar-refractivity contribution in [2.24, 2.45) is 10.8 Å². The van der Waals surface area contributed by atoms with Crippen LogP contribution in [0.25, 0.3) is 0 Å². The second-order valence-corrected chi connectivity index (χ2v) is 5.68. The lowest BCUT2D eigenvalue weighted by Crippen LogP contribution is -2.79. The number of hydrogen-bond donors (Lipinski definition) is 1. The highest BCUT2D eigenvalue weighted by Gasteiger charge is 2.87. The number of esters is 2. The van der Waals surface area contributed by atoms with E-state index in [4.69, 9.17) is 9.47 Å². The van der Waals surface area contributed by atoms with E-state index in [1.165, 1.54) is 6.08 Å². The number of Topliss-reactive ketones (excluding diaryl/α,β-unsaturated/α-hetero) is 1. The molecule has 0 aromatic heterocycles. The van der Waals surface area contributed by atoms with Crippen LogP contribution in [-0.4, -0.2) is 42.4 Å². The molecule has 1 aliphatic heterocycles. The fourth-order valence-electron chi connectivity index (χ4n) is 3.61. The molecule has 0 radical (unpaired) electrons. The molecule has 2 fully saturated rings. The molecule has 1 heterocycles. The number of hydrogen-bond acceptors (Lipinski definition) is 6. The molecule has 22 heavy (non-hydrogen) atoms. The van der Waals surface area contributed by atoms with Crippen LogP contribution in [0.3, 0.4) is 0 Å². The Morgan fingerprint density at radius 2 is 1.77 bits per heavy atom. The highest BCUT2D eigenvalue weighted by atomic mass is 16.5. The summed E-state index contributed by atoms with van der Waals surface area (Å²) in [5.74, 6) is -3.65. The maximum absolute atomic E-state index is 12.6. The lowest BCUT2D eigenvalue weighted by atomic mass is 9.41. The van der Waals surface area contributed by atoms with Gasteiger partial charge in [0.25, 0.3) is 5.91 Å². The van der Waals surface area contributed by atoms with Crippen LogP contribution in [-0.2, 0) is 28.7 Å². The SMILES string of the molecule is C=C[C@]1(C)C[C@]2(C(=O)OCC)C(=O)C(=O)N[C@@]21C(=O)OCC. The van der Waals surface area contributed by atoms with Crippen molar-refractivity contribution in [3.8, 4) is 0 Å². The smallest absolute Gasteiger partial charge is 0.334 e. The summed E-state index contributed by atoms with van der Waals surface area (Å²) in [4.78, 5) is 49.3. The maximum Gasteiger partial charge on any atom is 0.334 e. The molecule has 7 nitrogen and oxygen atoms in total. The summed E-state index contributed by atoms with van der Waals surface area (Å²) in [5.41, 5.74) is -4.65. The van der Waals surface area contributed by atoms with Gasteiger partial charge in [-0.15, -0.1) is 6.58 Å². The first-order chi connectivity index (χ1) is 10.3. The number of fused-ring (bicyclic) bond motifs is 1. The summed E-state index contributed by atoms with van der Waals surface area (Å²) < 4.78 is 10.0. The molecule has 1 saturated carbocycles. The molecule has 0 aromatic carbocycles. The molecular formula is C15H19NO6. The lowest BCUT2D eigenvalue weighted by molar-refractivity contribution is -0.201. The van der Waals surface area contributed by atoms with Gasteiger partial charge in [-0.1, -0.05) is 13.0 Å². The van der Waals surface area contributed by atoms with Crippen molar-refractivity contribution < 1.29 is 28.7 Å². The summed E-state index contributed by atoms with van der Waals surface area (Å²) >= 11 is 0. The fraction of sp³-hybridized carbons (Fsp3) is 0.600. The van der Waals surface area contributed by atoms with E-state index in [0.717, 1.165) is 0 Å². The summed E-state index contributed by atoms with van der Waals surface area (Å²) in [6.07, 6.45) is 1.43. The van der Waals surface area contributed by atoms with Gasteiger partial charge in [0.1, 0.15) is 0 Å². The topological polar surface area (TPSA) is 98.8 Å². The average molecular weight is 309 g/mol. The number of carbonyl (C=O) groups excluding carboxylic acids is 4. The summed E-state index contributed by atoms with van der Waals surface area (Å²) in [6, 6.07) is 0. The van der Waals surface area contributed by atoms with E-state index in [0.29, 0.717) is 0 Å². The number of amides is 1. The predicted molar refractivity (Wildman–Crippen MR) is 74.5 cm³/mol. The third-order valence-corrected chi connectivity index (χ3v) is 4.68. The standard InChI is InChI=1S/C15H19NO6/c1-5-13(4)8-14(11(19)21-6-2)9(17)10(18)16-15(13,14)12(20)22-7-3/h5H,1,6-8H2,2-4H3,(H,16,18)/t13-,14-,15-/m1/s1. The summed E-state index contributed by atoms with van der Waals surface area (Å²) in [7, 11) is 0. The van der Waals surface area contributed by atoms with Crippen LogP contribution < -0.4 is 5.32 Å². The van der Waals surface area contributed by atoms with Crippen molar-refractivity contribution in [2.75, 3.05) is 13.2 Å². The molecule has 0 spiro atoms. The van der Waals surface area contributed by atoms with Crippen molar-refractivity contribution in [1.82, 2.24) is 5.32 Å². The molecule has 0 bridgehead atoms. The van der Waals surface area contributed by atoms with Gasteiger partial charge < -0.3 is 14.8 Å². The average Bonchev–Trinajstić information content (AvgIpc) is 2.66. The Kier molecular flexibility index (Phi) is 3.63. The lowest BCUT2D eigenvalue weighted by Gasteiger charge is -2.60. The van der Waals surface area contributed by atoms with Crippen LogP contribution in [0.1, 0.15) is 27.2 Å². The fourth-order valence-corrected chi connectivity index (χ4v) is 3.61. The highest BCUT2D eigenvalue weighted by Crippen LogP contribution is 2.66. The van der Waals surface area contributed by atoms with E-state index in [2.05, 4.69) is 11.9 Å². The first kappa shape index (κ1) is 16.2. The van der Waals surface area contributed by atoms with E-state index in [9.17, 15) is 19.2 Å². The minimum Gasteiger partial charge on any atom is -0.465 e. The van der Waals surface area contributed by atoms with Crippen molar-refractivity contribution in [3.05, 3.63) is 12.7 Å². The Labute approximate surface area is 128 Å². The minimum atomic E-state index is -1.88. The third-order valence-electron chi connectivity index (χ3n) is 4.68. The van der Waals surface area contributed by atoms with E-state index in [1.54, 1.807) is 20.8 Å². The van der Waals surface area contributed by atoms with Gasteiger partial charge >= 0.3 is 11.9 Å². The Bertz CT molecular complexity index is 585. The van der Waals surface area contributed by atoms with Gasteiger partial charge in [0.15, 0.2) is 11.0 Å². The molecule has 1 N–H and O–H groups in total. The van der Waals surface area contributed by atoms with E-state index in [-0.39, 0.29) is 19.6 Å². The number of ether oxygens (including phenoxy) is 2. The molecule has 2 aliphatic rings. The molecule has 1 aliphatic carbocycles. The molecule has 1 saturated heterocycles. The van der Waals surface area contributed by atoms with Crippen LogP contribution in [0.5, 0.6) is 0 Å². The number of rotatable bonds is 5. The quantitative estimate of drug-likeness (QED) is 0.335. The van der Waals surface area contributed by atoms with Gasteiger partial charge in [0, 0.05) is 5.41 Å². The van der Waals surface area contributed by atoms with Crippen molar-refractivity contribution in [1.29, 1.82) is 0 Å².